The molecule has 392 valence electrons. The van der Waals surface area contributed by atoms with Crippen molar-refractivity contribution >= 4 is 19.8 Å². The van der Waals surface area contributed by atoms with E-state index in [9.17, 15) is 19.0 Å². The molecule has 0 amide bonds. The lowest BCUT2D eigenvalue weighted by molar-refractivity contribution is -0.161. The van der Waals surface area contributed by atoms with E-state index < -0.39 is 32.0 Å². The first-order valence-corrected chi connectivity index (χ1v) is 29.3. The Morgan fingerprint density at radius 2 is 0.886 bits per heavy atom. The van der Waals surface area contributed by atoms with Crippen molar-refractivity contribution in [2.24, 2.45) is 0 Å². The van der Waals surface area contributed by atoms with Crippen LogP contribution in [0.3, 0.4) is 0 Å². The predicted molar refractivity (Wildman–Crippen MR) is 289 cm³/mol. The average Bonchev–Trinajstić information content (AvgIpc) is 3.38. The minimum absolute atomic E-state index is 0.157. The van der Waals surface area contributed by atoms with E-state index in [1.807, 2.05) is 54.6 Å². The number of nitrogens with one attached hydrogen (secondary N) is 1. The zero-order valence-electron chi connectivity index (χ0n) is 43.7. The van der Waals surface area contributed by atoms with Crippen molar-refractivity contribution in [1.82, 2.24) is 5.32 Å². The molecule has 0 saturated carbocycles. The van der Waals surface area contributed by atoms with E-state index in [-0.39, 0.29) is 38.6 Å². The lowest BCUT2D eigenvalue weighted by Crippen LogP contribution is -2.46. The van der Waals surface area contributed by atoms with E-state index in [0.717, 1.165) is 68.1 Å². The standard InChI is InChI=1S/C60H94NO8P/c1-3-5-7-9-11-13-15-17-19-21-23-25-27-29-40-48-58(62)66-52-57(69-59(63)49-41-30-28-26-24-22-20-18-16-14-12-10-8-6-4-2)53-68-70(64,65)67-51-50-61-60(54-42-34-31-35-43-54,55-44-36-32-37-45-55)56-46-38-33-39-47-56/h18,20,31-39,42-47,57,61H,3-17,19,21-30,40-41,48-53H2,1-2H3,(H,64,65)/t57-/m1/s1. The Kier molecular flexibility index (Phi) is 34.7. The van der Waals surface area contributed by atoms with Gasteiger partial charge in [0.25, 0.3) is 0 Å². The number of hydrogen-bond donors (Lipinski definition) is 2. The number of allylic oxidation sites excluding steroid dienone is 2. The fraction of sp³-hybridized carbons (Fsp3) is 0.633. The van der Waals surface area contributed by atoms with Gasteiger partial charge >= 0.3 is 19.8 Å². The number of phosphoric ester groups is 1. The third-order valence-electron chi connectivity index (χ3n) is 13.1. The second-order valence-corrected chi connectivity index (χ2v) is 20.7. The van der Waals surface area contributed by atoms with Crippen LogP contribution in [0.5, 0.6) is 0 Å². The van der Waals surface area contributed by atoms with Gasteiger partial charge < -0.3 is 14.4 Å². The Morgan fingerprint density at radius 1 is 0.514 bits per heavy atom. The summed E-state index contributed by atoms with van der Waals surface area (Å²) < 4.78 is 35.5. The lowest BCUT2D eigenvalue weighted by atomic mass is 9.77. The normalized spacial score (nSPS) is 13.1. The smallest absolute Gasteiger partial charge is 0.462 e. The highest BCUT2D eigenvalue weighted by Gasteiger charge is 2.36. The number of rotatable bonds is 45. The largest absolute Gasteiger partial charge is 0.472 e. The summed E-state index contributed by atoms with van der Waals surface area (Å²) in [6.07, 6.45) is 37.7. The van der Waals surface area contributed by atoms with E-state index in [4.69, 9.17) is 18.5 Å². The fourth-order valence-corrected chi connectivity index (χ4v) is 9.84. The summed E-state index contributed by atoms with van der Waals surface area (Å²) in [5.74, 6) is -0.845. The Bertz CT molecular complexity index is 1700. The highest BCUT2D eigenvalue weighted by Crippen LogP contribution is 2.43. The lowest BCUT2D eigenvalue weighted by Gasteiger charge is -2.37. The van der Waals surface area contributed by atoms with Gasteiger partial charge in [0, 0.05) is 19.4 Å². The molecule has 0 bridgehead atoms. The molecule has 0 aromatic heterocycles. The molecule has 0 aliphatic carbocycles. The second-order valence-electron chi connectivity index (χ2n) is 19.2. The zero-order chi connectivity index (χ0) is 50.1. The molecule has 3 rings (SSSR count). The van der Waals surface area contributed by atoms with Crippen LogP contribution < -0.4 is 5.32 Å². The highest BCUT2D eigenvalue weighted by molar-refractivity contribution is 7.47. The Balaban J connectivity index is 1.45. The number of ether oxygens (including phenoxy) is 2. The number of carbonyl (C=O) groups is 2. The molecule has 9 nitrogen and oxygen atoms in total. The monoisotopic (exact) mass is 988 g/mol. The number of unbranched alkanes of at least 4 members (excludes halogenated alkanes) is 25. The highest BCUT2D eigenvalue weighted by atomic mass is 31.2. The van der Waals surface area contributed by atoms with Crippen LogP contribution >= 0.6 is 7.82 Å². The Morgan fingerprint density at radius 3 is 1.30 bits per heavy atom. The van der Waals surface area contributed by atoms with Crippen molar-refractivity contribution in [3.05, 3.63) is 120 Å². The van der Waals surface area contributed by atoms with Gasteiger partial charge in [0.1, 0.15) is 6.61 Å². The van der Waals surface area contributed by atoms with E-state index in [0.29, 0.717) is 6.42 Å². The summed E-state index contributed by atoms with van der Waals surface area (Å²) in [5.41, 5.74) is 2.21. The van der Waals surface area contributed by atoms with Crippen molar-refractivity contribution in [3.63, 3.8) is 0 Å². The van der Waals surface area contributed by atoms with E-state index in [1.54, 1.807) is 0 Å². The molecule has 0 radical (unpaired) electrons. The molecule has 0 aliphatic rings. The first kappa shape index (κ1) is 60.7. The molecule has 2 atom stereocenters. The molecule has 2 N–H and O–H groups in total. The van der Waals surface area contributed by atoms with Crippen LogP contribution in [0.25, 0.3) is 0 Å². The minimum atomic E-state index is -4.61. The van der Waals surface area contributed by atoms with Gasteiger partial charge in [-0.25, -0.2) is 4.57 Å². The Labute approximate surface area is 425 Å². The third kappa shape index (κ3) is 27.9. The number of carbonyl (C=O) groups excluding carboxylic acids is 2. The number of hydrogen-bond acceptors (Lipinski definition) is 8. The van der Waals surface area contributed by atoms with Gasteiger partial charge in [0.2, 0.25) is 0 Å². The Hall–Kier alpha value is -3.59. The van der Waals surface area contributed by atoms with E-state index in [2.05, 4.69) is 67.7 Å². The van der Waals surface area contributed by atoms with Crippen molar-refractivity contribution in [2.45, 2.75) is 218 Å². The van der Waals surface area contributed by atoms with Gasteiger partial charge in [0.15, 0.2) is 6.10 Å². The molecule has 0 aliphatic heterocycles. The van der Waals surface area contributed by atoms with E-state index in [1.165, 1.54) is 122 Å². The third-order valence-corrected chi connectivity index (χ3v) is 14.1. The van der Waals surface area contributed by atoms with Gasteiger partial charge in [-0.1, -0.05) is 258 Å². The van der Waals surface area contributed by atoms with Crippen molar-refractivity contribution in [2.75, 3.05) is 26.4 Å². The molecule has 0 heterocycles. The first-order chi connectivity index (χ1) is 34.3. The van der Waals surface area contributed by atoms with Gasteiger partial charge in [-0.3, -0.25) is 24.0 Å². The van der Waals surface area contributed by atoms with Gasteiger partial charge in [-0.15, -0.1) is 0 Å². The van der Waals surface area contributed by atoms with Crippen LogP contribution in [-0.4, -0.2) is 49.3 Å². The summed E-state index contributed by atoms with van der Waals surface area (Å²) in [5, 5.41) is 3.64. The molecule has 0 spiro atoms. The number of phosphoric acid groups is 1. The van der Waals surface area contributed by atoms with E-state index >= 15 is 0 Å². The number of benzene rings is 3. The molecular formula is C60H94NO8P. The molecule has 0 saturated heterocycles. The molecule has 70 heavy (non-hydrogen) atoms. The summed E-state index contributed by atoms with van der Waals surface area (Å²) in [6.45, 7) is 3.81. The zero-order valence-corrected chi connectivity index (χ0v) is 44.6. The van der Waals surface area contributed by atoms with Crippen LogP contribution in [0.2, 0.25) is 0 Å². The maximum atomic E-state index is 13.3. The van der Waals surface area contributed by atoms with Crippen LogP contribution in [-0.2, 0) is 38.2 Å². The predicted octanol–water partition coefficient (Wildman–Crippen LogP) is 16.5. The van der Waals surface area contributed by atoms with Crippen LogP contribution in [0.15, 0.2) is 103 Å². The van der Waals surface area contributed by atoms with Crippen molar-refractivity contribution in [3.8, 4) is 0 Å². The molecule has 1 unspecified atom stereocenters. The average molecular weight is 988 g/mol. The van der Waals surface area contributed by atoms with Crippen molar-refractivity contribution < 1.29 is 37.6 Å². The van der Waals surface area contributed by atoms with Gasteiger partial charge in [-0.2, -0.15) is 0 Å². The number of esters is 2. The van der Waals surface area contributed by atoms with Gasteiger partial charge in [-0.05, 0) is 55.2 Å². The summed E-state index contributed by atoms with van der Waals surface area (Å²) in [4.78, 5) is 36.7. The topological polar surface area (TPSA) is 120 Å². The minimum Gasteiger partial charge on any atom is -0.462 e. The van der Waals surface area contributed by atoms with Crippen LogP contribution in [0, 0.1) is 0 Å². The molecular weight excluding hydrogens is 894 g/mol. The summed E-state index contributed by atoms with van der Waals surface area (Å²) in [7, 11) is -4.61. The van der Waals surface area contributed by atoms with Crippen LogP contribution in [0.1, 0.15) is 223 Å². The van der Waals surface area contributed by atoms with Crippen LogP contribution in [0.4, 0.5) is 0 Å². The molecule has 3 aromatic rings. The second kappa shape index (κ2) is 40.0. The van der Waals surface area contributed by atoms with Crippen molar-refractivity contribution in [1.29, 1.82) is 0 Å². The first-order valence-electron chi connectivity index (χ1n) is 27.8. The summed E-state index contributed by atoms with van der Waals surface area (Å²) in [6, 6.07) is 30.2. The molecule has 0 fully saturated rings. The maximum Gasteiger partial charge on any atom is 0.472 e. The maximum absolute atomic E-state index is 13.3. The van der Waals surface area contributed by atoms with Gasteiger partial charge in [0.05, 0.1) is 18.8 Å². The molecule has 3 aromatic carbocycles. The summed E-state index contributed by atoms with van der Waals surface area (Å²) >= 11 is 0. The molecule has 10 heteroatoms. The SMILES string of the molecule is CCCCCCCCC=CCCCCCCCC(=O)O[C@H](COC(=O)CCCCCCCCCCCCCCCCC)COP(=O)(O)OCCNC(c1ccccc1)(c1ccccc1)c1ccccc1. The quantitative estimate of drug-likeness (QED) is 0.0187. The fourth-order valence-electron chi connectivity index (χ4n) is 9.08.